The lowest BCUT2D eigenvalue weighted by molar-refractivity contribution is -0.356. The van der Waals surface area contributed by atoms with Gasteiger partial charge in [-0.2, -0.15) is 26.3 Å². The molecule has 0 bridgehead atoms. The number of carbonyl (C=O) groups is 1. The highest BCUT2D eigenvalue weighted by atomic mass is 19.4. The third-order valence-corrected chi connectivity index (χ3v) is 1.40. The lowest BCUT2D eigenvalue weighted by Gasteiger charge is -2.29. The number of carbonyl (C=O) groups excluding carboxylic acids is 1. The molecule has 9 heteroatoms. The molecule has 0 aromatic rings. The molecule has 0 unspecified atom stereocenters. The van der Waals surface area contributed by atoms with Crippen LogP contribution in [0.3, 0.4) is 0 Å². The van der Waals surface area contributed by atoms with Crippen molar-refractivity contribution < 1.29 is 41.0 Å². The molecular formula is C7H4F6O3. The van der Waals surface area contributed by atoms with Gasteiger partial charge in [-0.15, -0.1) is 6.42 Å². The minimum atomic E-state index is -6.25. The van der Waals surface area contributed by atoms with Crippen molar-refractivity contribution in [2.24, 2.45) is 0 Å². The van der Waals surface area contributed by atoms with Gasteiger partial charge >= 0.3 is 23.9 Å². The molecule has 0 aliphatic carbocycles. The molecule has 0 aliphatic rings. The summed E-state index contributed by atoms with van der Waals surface area (Å²) in [4.78, 5) is 10.5. The number of esters is 1. The van der Waals surface area contributed by atoms with Crippen molar-refractivity contribution in [1.29, 1.82) is 0 Å². The minimum absolute atomic E-state index is 1.12. The Labute approximate surface area is 85.0 Å². The van der Waals surface area contributed by atoms with Crippen molar-refractivity contribution in [3.05, 3.63) is 0 Å². The van der Waals surface area contributed by atoms with E-state index in [-0.39, 0.29) is 0 Å². The number of alkyl halides is 6. The summed E-state index contributed by atoms with van der Waals surface area (Å²) in [5.41, 5.74) is -5.57. The molecule has 0 aliphatic heterocycles. The molecule has 0 radical (unpaired) electrons. The van der Waals surface area contributed by atoms with Gasteiger partial charge < -0.3 is 9.84 Å². The zero-order valence-electron chi connectivity index (χ0n) is 7.32. The Morgan fingerprint density at radius 2 is 1.56 bits per heavy atom. The average molecular weight is 250 g/mol. The summed E-state index contributed by atoms with van der Waals surface area (Å²) in [6.07, 6.45) is -8.04. The molecule has 16 heavy (non-hydrogen) atoms. The summed E-state index contributed by atoms with van der Waals surface area (Å²) < 4.78 is 75.2. The van der Waals surface area contributed by atoms with Gasteiger partial charge in [0.25, 0.3) is 0 Å². The van der Waals surface area contributed by atoms with Gasteiger partial charge in [0.15, 0.2) is 6.61 Å². The van der Waals surface area contributed by atoms with Crippen LogP contribution in [0.15, 0.2) is 0 Å². The van der Waals surface area contributed by atoms with E-state index in [0.717, 1.165) is 0 Å². The summed E-state index contributed by atoms with van der Waals surface area (Å²) in [5.74, 6) is -1.43. The normalized spacial score (nSPS) is 13.1. The molecule has 0 saturated carbocycles. The van der Waals surface area contributed by atoms with Gasteiger partial charge in [0, 0.05) is 0 Å². The van der Waals surface area contributed by atoms with E-state index in [0.29, 0.717) is 0 Å². The Kier molecular flexibility index (Phi) is 3.83. The lowest BCUT2D eigenvalue weighted by Crippen LogP contribution is -2.63. The van der Waals surface area contributed by atoms with Gasteiger partial charge in [-0.05, 0) is 0 Å². The number of hydrogen-bond donors (Lipinski definition) is 1. The van der Waals surface area contributed by atoms with E-state index < -0.39 is 30.5 Å². The fourth-order valence-electron chi connectivity index (χ4n) is 0.604. The molecule has 0 aromatic heterocycles. The highest BCUT2D eigenvalue weighted by Gasteiger charge is 2.76. The summed E-state index contributed by atoms with van der Waals surface area (Å²) in [7, 11) is 0. The van der Waals surface area contributed by atoms with Crippen LogP contribution in [-0.2, 0) is 9.53 Å². The second-order valence-electron chi connectivity index (χ2n) is 2.49. The zero-order chi connectivity index (χ0) is 13.2. The van der Waals surface area contributed by atoms with Crippen LogP contribution in [0.2, 0.25) is 0 Å². The Balaban J connectivity index is 5.29. The molecule has 92 valence electrons. The molecule has 1 N–H and O–H groups in total. The number of halogens is 6. The molecule has 0 fully saturated rings. The summed E-state index contributed by atoms with van der Waals surface area (Å²) >= 11 is 0. The number of terminal acetylenes is 1. The highest BCUT2D eigenvalue weighted by molar-refractivity contribution is 5.81. The smallest absolute Gasteiger partial charge is 0.437 e. The first kappa shape index (κ1) is 14.6. The number of hydrogen-bond acceptors (Lipinski definition) is 3. The highest BCUT2D eigenvalue weighted by Crippen LogP contribution is 2.43. The Hall–Kier alpha value is -1.43. The lowest BCUT2D eigenvalue weighted by atomic mass is 10.0. The van der Waals surface area contributed by atoms with E-state index in [4.69, 9.17) is 5.11 Å². The second kappa shape index (κ2) is 4.21. The molecule has 0 amide bonds. The van der Waals surface area contributed by atoms with Gasteiger partial charge in [-0.1, -0.05) is 5.92 Å². The van der Waals surface area contributed by atoms with Crippen molar-refractivity contribution in [2.75, 3.05) is 6.61 Å². The van der Waals surface area contributed by atoms with Gasteiger partial charge in [0.2, 0.25) is 0 Å². The maximum Gasteiger partial charge on any atom is 0.437 e. The fraction of sp³-hybridized carbons (Fsp3) is 0.571. The van der Waals surface area contributed by atoms with Crippen molar-refractivity contribution in [1.82, 2.24) is 0 Å². The van der Waals surface area contributed by atoms with Gasteiger partial charge in [0.1, 0.15) is 0 Å². The van der Waals surface area contributed by atoms with Crippen molar-refractivity contribution in [3.63, 3.8) is 0 Å². The van der Waals surface area contributed by atoms with E-state index in [1.807, 2.05) is 0 Å². The third-order valence-electron chi connectivity index (χ3n) is 1.40. The van der Waals surface area contributed by atoms with Gasteiger partial charge in [-0.25, -0.2) is 4.79 Å². The van der Waals surface area contributed by atoms with E-state index in [2.05, 4.69) is 11.2 Å². The van der Waals surface area contributed by atoms with Crippen molar-refractivity contribution in [3.8, 4) is 12.3 Å². The predicted molar refractivity (Wildman–Crippen MR) is 36.9 cm³/mol. The van der Waals surface area contributed by atoms with Crippen LogP contribution in [0, 0.1) is 12.3 Å². The maximum absolute atomic E-state index is 12.0. The zero-order valence-corrected chi connectivity index (χ0v) is 7.32. The standard InChI is InChI=1S/C7H4F6O3/c1-2-3-16-4(14)5(15,6(8,9)10)7(11,12)13/h1,15H,3H2. The molecule has 0 heterocycles. The summed E-state index contributed by atoms with van der Waals surface area (Å²) in [6, 6.07) is 0. The first-order valence-electron chi connectivity index (χ1n) is 3.45. The molecule has 0 aromatic carbocycles. The first-order chi connectivity index (χ1) is 6.98. The Morgan fingerprint density at radius 1 is 1.19 bits per heavy atom. The second-order valence-corrected chi connectivity index (χ2v) is 2.49. The first-order valence-corrected chi connectivity index (χ1v) is 3.45. The van der Waals surface area contributed by atoms with Gasteiger partial charge in [0.05, 0.1) is 0 Å². The quantitative estimate of drug-likeness (QED) is 0.452. The van der Waals surface area contributed by atoms with Crippen LogP contribution in [0.5, 0.6) is 0 Å². The Morgan fingerprint density at radius 3 is 1.81 bits per heavy atom. The van der Waals surface area contributed by atoms with E-state index in [1.165, 1.54) is 5.92 Å². The van der Waals surface area contributed by atoms with E-state index in [1.54, 1.807) is 0 Å². The molecule has 0 saturated heterocycles. The van der Waals surface area contributed by atoms with Gasteiger partial charge in [-0.3, -0.25) is 0 Å². The van der Waals surface area contributed by atoms with Crippen LogP contribution >= 0.6 is 0 Å². The maximum atomic E-state index is 12.0. The number of rotatable bonds is 2. The molecule has 0 atom stereocenters. The third kappa shape index (κ3) is 2.38. The Bertz CT molecular complexity index is 296. The van der Waals surface area contributed by atoms with E-state index >= 15 is 0 Å². The fourth-order valence-corrected chi connectivity index (χ4v) is 0.604. The van der Waals surface area contributed by atoms with Crippen LogP contribution < -0.4 is 0 Å². The van der Waals surface area contributed by atoms with E-state index in [9.17, 15) is 31.1 Å². The van der Waals surface area contributed by atoms with Crippen molar-refractivity contribution in [2.45, 2.75) is 18.0 Å². The largest absolute Gasteiger partial charge is 0.450 e. The molecule has 0 rings (SSSR count). The topological polar surface area (TPSA) is 46.5 Å². The number of aliphatic hydroxyl groups is 1. The molecular weight excluding hydrogens is 246 g/mol. The summed E-state index contributed by atoms with van der Waals surface area (Å²) in [6.45, 7) is -1.12. The monoisotopic (exact) mass is 250 g/mol. The average Bonchev–Trinajstić information content (AvgIpc) is 2.08. The summed E-state index contributed by atoms with van der Waals surface area (Å²) in [5, 5.41) is 8.39. The number of ether oxygens (including phenoxy) is 1. The van der Waals surface area contributed by atoms with Crippen LogP contribution in [-0.4, -0.2) is 35.6 Å². The minimum Gasteiger partial charge on any atom is -0.450 e. The van der Waals surface area contributed by atoms with Crippen LogP contribution in [0.25, 0.3) is 0 Å². The predicted octanol–water partition coefficient (Wildman–Crippen LogP) is 1.02. The van der Waals surface area contributed by atoms with Crippen molar-refractivity contribution >= 4 is 5.97 Å². The SMILES string of the molecule is C#CCOC(=O)C(O)(C(F)(F)F)C(F)(F)F. The van der Waals surface area contributed by atoms with Crippen LogP contribution in [0.4, 0.5) is 26.3 Å². The molecule has 3 nitrogen and oxygen atoms in total. The molecule has 0 spiro atoms. The van der Waals surface area contributed by atoms with Crippen LogP contribution in [0.1, 0.15) is 0 Å².